The Bertz CT molecular complexity index is 536. The van der Waals surface area contributed by atoms with Crippen molar-refractivity contribution in [3.63, 3.8) is 0 Å². The molecule has 1 aromatic carbocycles. The van der Waals surface area contributed by atoms with Gasteiger partial charge in [-0.1, -0.05) is 36.8 Å². The molecule has 1 amide bonds. The van der Waals surface area contributed by atoms with Crippen LogP contribution >= 0.6 is 0 Å². The highest BCUT2D eigenvalue weighted by Gasteiger charge is 2.51. The second-order valence-electron chi connectivity index (χ2n) is 6.32. The molecule has 112 valence electrons. The van der Waals surface area contributed by atoms with Crippen LogP contribution in [0.15, 0.2) is 30.3 Å². The van der Waals surface area contributed by atoms with E-state index < -0.39 is 5.97 Å². The van der Waals surface area contributed by atoms with Gasteiger partial charge in [-0.3, -0.25) is 9.59 Å². The van der Waals surface area contributed by atoms with Gasteiger partial charge in [0.15, 0.2) is 0 Å². The lowest BCUT2D eigenvalue weighted by Crippen LogP contribution is -2.44. The third-order valence-corrected chi connectivity index (χ3v) is 4.87. The van der Waals surface area contributed by atoms with E-state index >= 15 is 0 Å². The van der Waals surface area contributed by atoms with Crippen molar-refractivity contribution in [2.45, 2.75) is 50.0 Å². The number of carboxylic acids is 1. The zero-order valence-corrected chi connectivity index (χ0v) is 12.0. The summed E-state index contributed by atoms with van der Waals surface area (Å²) in [7, 11) is 0. The number of hydrogen-bond donors (Lipinski definition) is 2. The first-order valence-corrected chi connectivity index (χ1v) is 7.71. The van der Waals surface area contributed by atoms with Gasteiger partial charge in [0.25, 0.3) is 0 Å². The van der Waals surface area contributed by atoms with E-state index in [2.05, 4.69) is 5.32 Å². The molecule has 2 aliphatic carbocycles. The van der Waals surface area contributed by atoms with Gasteiger partial charge in [-0.15, -0.1) is 0 Å². The van der Waals surface area contributed by atoms with Crippen LogP contribution in [0.1, 0.15) is 44.1 Å². The Balaban J connectivity index is 1.65. The maximum Gasteiger partial charge on any atom is 0.306 e. The Kier molecular flexibility index (Phi) is 3.70. The van der Waals surface area contributed by atoms with Crippen LogP contribution in [0.3, 0.4) is 0 Å². The van der Waals surface area contributed by atoms with E-state index in [0.29, 0.717) is 6.42 Å². The van der Waals surface area contributed by atoms with E-state index in [0.717, 1.165) is 37.7 Å². The number of benzene rings is 1. The Morgan fingerprint density at radius 3 is 2.48 bits per heavy atom. The highest BCUT2D eigenvalue weighted by atomic mass is 16.4. The molecule has 2 atom stereocenters. The first-order chi connectivity index (χ1) is 10.1. The summed E-state index contributed by atoms with van der Waals surface area (Å²) in [6.45, 7) is 0. The molecule has 2 aliphatic rings. The molecule has 0 saturated heterocycles. The van der Waals surface area contributed by atoms with Crippen LogP contribution < -0.4 is 5.32 Å². The van der Waals surface area contributed by atoms with E-state index in [1.54, 1.807) is 0 Å². The molecule has 0 spiro atoms. The maximum absolute atomic E-state index is 12.6. The Morgan fingerprint density at radius 1 is 1.14 bits per heavy atom. The summed E-state index contributed by atoms with van der Waals surface area (Å²) in [4.78, 5) is 23.7. The van der Waals surface area contributed by atoms with Crippen molar-refractivity contribution in [2.24, 2.45) is 5.92 Å². The summed E-state index contributed by atoms with van der Waals surface area (Å²) < 4.78 is 0. The first-order valence-electron chi connectivity index (χ1n) is 7.71. The van der Waals surface area contributed by atoms with Gasteiger partial charge in [-0.25, -0.2) is 0 Å². The molecule has 0 aliphatic heterocycles. The van der Waals surface area contributed by atoms with Crippen LogP contribution in [0.4, 0.5) is 0 Å². The van der Waals surface area contributed by atoms with Crippen LogP contribution in [0.5, 0.6) is 0 Å². The van der Waals surface area contributed by atoms with E-state index in [-0.39, 0.29) is 23.3 Å². The molecule has 2 saturated carbocycles. The summed E-state index contributed by atoms with van der Waals surface area (Å²) in [6.07, 6.45) is 4.83. The molecule has 0 aromatic heterocycles. The second kappa shape index (κ2) is 5.51. The average molecular weight is 287 g/mol. The van der Waals surface area contributed by atoms with Crippen molar-refractivity contribution in [3.05, 3.63) is 35.9 Å². The van der Waals surface area contributed by atoms with Crippen LogP contribution in [0.2, 0.25) is 0 Å². The molecule has 0 radical (unpaired) electrons. The van der Waals surface area contributed by atoms with Gasteiger partial charge in [-0.2, -0.15) is 0 Å². The third-order valence-electron chi connectivity index (χ3n) is 4.87. The topological polar surface area (TPSA) is 66.4 Å². The quantitative estimate of drug-likeness (QED) is 0.894. The number of carboxylic acid groups (broad SMARTS) is 1. The number of nitrogens with one attached hydrogen (secondary N) is 1. The number of amides is 1. The van der Waals surface area contributed by atoms with Gasteiger partial charge in [0.1, 0.15) is 0 Å². The molecule has 3 rings (SSSR count). The minimum atomic E-state index is -0.738. The molecule has 4 nitrogen and oxygen atoms in total. The average Bonchev–Trinajstić information content (AvgIpc) is 3.30. The zero-order valence-electron chi connectivity index (χ0n) is 12.0. The van der Waals surface area contributed by atoms with Crippen LogP contribution in [0.25, 0.3) is 0 Å². The zero-order chi connectivity index (χ0) is 14.9. The van der Waals surface area contributed by atoms with Gasteiger partial charge in [-0.05, 0) is 37.7 Å². The van der Waals surface area contributed by atoms with Crippen molar-refractivity contribution in [1.82, 2.24) is 5.32 Å². The SMILES string of the molecule is O=C(O)C1CCCC(NC(=O)C2(c3ccccc3)CC2)C1. The van der Waals surface area contributed by atoms with Crippen LogP contribution in [-0.2, 0) is 15.0 Å². The summed E-state index contributed by atoms with van der Waals surface area (Å²) in [5, 5.41) is 12.2. The molecule has 2 unspecified atom stereocenters. The lowest BCUT2D eigenvalue weighted by Gasteiger charge is -2.29. The predicted molar refractivity (Wildman–Crippen MR) is 78.9 cm³/mol. The molecule has 2 N–H and O–H groups in total. The highest BCUT2D eigenvalue weighted by Crippen LogP contribution is 2.48. The van der Waals surface area contributed by atoms with E-state index in [4.69, 9.17) is 5.11 Å². The smallest absolute Gasteiger partial charge is 0.306 e. The fourth-order valence-electron chi connectivity index (χ4n) is 3.40. The number of carbonyl (C=O) groups excluding carboxylic acids is 1. The molecular weight excluding hydrogens is 266 g/mol. The Morgan fingerprint density at radius 2 is 1.86 bits per heavy atom. The third kappa shape index (κ3) is 2.80. The molecule has 4 heteroatoms. The van der Waals surface area contributed by atoms with E-state index in [1.165, 1.54) is 0 Å². The second-order valence-corrected chi connectivity index (χ2v) is 6.32. The first kappa shape index (κ1) is 14.1. The molecule has 2 fully saturated rings. The van der Waals surface area contributed by atoms with E-state index in [1.807, 2.05) is 30.3 Å². The minimum absolute atomic E-state index is 0.00790. The lowest BCUT2D eigenvalue weighted by molar-refractivity contribution is -0.143. The van der Waals surface area contributed by atoms with Gasteiger partial charge in [0, 0.05) is 6.04 Å². The van der Waals surface area contributed by atoms with Gasteiger partial charge < -0.3 is 10.4 Å². The monoisotopic (exact) mass is 287 g/mol. The highest BCUT2D eigenvalue weighted by molar-refractivity contribution is 5.91. The van der Waals surface area contributed by atoms with Gasteiger partial charge >= 0.3 is 5.97 Å². The van der Waals surface area contributed by atoms with Crippen molar-refractivity contribution >= 4 is 11.9 Å². The van der Waals surface area contributed by atoms with Gasteiger partial charge in [0.05, 0.1) is 11.3 Å². The van der Waals surface area contributed by atoms with Crippen LogP contribution in [-0.4, -0.2) is 23.0 Å². The molecule has 1 aromatic rings. The predicted octanol–water partition coefficient (Wildman–Crippen LogP) is 2.48. The Labute approximate surface area is 124 Å². The molecular formula is C17H21NO3. The fourth-order valence-corrected chi connectivity index (χ4v) is 3.40. The fraction of sp³-hybridized carbons (Fsp3) is 0.529. The number of rotatable bonds is 4. The van der Waals surface area contributed by atoms with Gasteiger partial charge in [0.2, 0.25) is 5.91 Å². The van der Waals surface area contributed by atoms with Crippen molar-refractivity contribution in [2.75, 3.05) is 0 Å². The number of carbonyl (C=O) groups is 2. The normalized spacial score (nSPS) is 26.9. The number of hydrogen-bond acceptors (Lipinski definition) is 2. The summed E-state index contributed by atoms with van der Waals surface area (Å²) in [5.41, 5.74) is 0.713. The van der Waals surface area contributed by atoms with Crippen molar-refractivity contribution in [1.29, 1.82) is 0 Å². The van der Waals surface area contributed by atoms with Crippen molar-refractivity contribution < 1.29 is 14.7 Å². The number of aliphatic carboxylic acids is 1. The van der Waals surface area contributed by atoms with E-state index in [9.17, 15) is 9.59 Å². The lowest BCUT2D eigenvalue weighted by atomic mass is 9.85. The standard InChI is InChI=1S/C17H21NO3/c19-15(20)12-5-4-8-14(11-12)18-16(21)17(9-10-17)13-6-2-1-3-7-13/h1-3,6-7,12,14H,4-5,8-11H2,(H,18,21)(H,19,20). The molecule has 0 heterocycles. The van der Waals surface area contributed by atoms with Crippen molar-refractivity contribution in [3.8, 4) is 0 Å². The molecule has 21 heavy (non-hydrogen) atoms. The largest absolute Gasteiger partial charge is 0.481 e. The minimum Gasteiger partial charge on any atom is -0.481 e. The summed E-state index contributed by atoms with van der Waals surface area (Å²) in [6, 6.07) is 9.90. The molecule has 0 bridgehead atoms. The maximum atomic E-state index is 12.6. The van der Waals surface area contributed by atoms with Crippen LogP contribution in [0, 0.1) is 5.92 Å². The summed E-state index contributed by atoms with van der Waals surface area (Å²) >= 11 is 0. The Hall–Kier alpha value is -1.84. The summed E-state index contributed by atoms with van der Waals surface area (Å²) in [5.74, 6) is -0.973.